The zero-order valence-electron chi connectivity index (χ0n) is 8.45. The van der Waals surface area contributed by atoms with E-state index < -0.39 is 11.6 Å². The average molecular weight is 223 g/mol. The maximum Gasteiger partial charge on any atom is 0.128 e. The van der Waals surface area contributed by atoms with Gasteiger partial charge in [-0.3, -0.25) is 0 Å². The molecular weight excluding hydrogens is 212 g/mol. The first-order valence-electron chi connectivity index (χ1n) is 4.73. The van der Waals surface area contributed by atoms with Gasteiger partial charge in [0.1, 0.15) is 17.5 Å². The van der Waals surface area contributed by atoms with Crippen molar-refractivity contribution < 1.29 is 8.78 Å². The van der Waals surface area contributed by atoms with Crippen LogP contribution < -0.4 is 16.4 Å². The van der Waals surface area contributed by atoms with Gasteiger partial charge in [-0.15, -0.1) is 0 Å². The van der Waals surface area contributed by atoms with Crippen LogP contribution in [0.1, 0.15) is 0 Å². The molecule has 1 aromatic rings. The Morgan fingerprint density at radius 1 is 1.06 bits per heavy atom. The number of anilines is 1. The maximum absolute atomic E-state index is 13.0. The molecule has 5 heteroatoms. The molecule has 4 N–H and O–H groups in total. The highest BCUT2D eigenvalue weighted by Gasteiger charge is 2.15. The van der Waals surface area contributed by atoms with Gasteiger partial charge in [-0.2, -0.15) is 0 Å². The Hall–Kier alpha value is -2.04. The lowest BCUT2D eigenvalue weighted by atomic mass is 10.2. The smallest absolute Gasteiger partial charge is 0.128 e. The normalized spacial score (nSPS) is 15.8. The van der Waals surface area contributed by atoms with E-state index in [0.29, 0.717) is 23.8 Å². The van der Waals surface area contributed by atoms with Gasteiger partial charge in [-0.05, 0) is 18.2 Å². The second-order valence-corrected chi connectivity index (χ2v) is 3.48. The number of allylic oxidation sites excluding steroid dienone is 1. The van der Waals surface area contributed by atoms with Crippen molar-refractivity contribution in [1.29, 1.82) is 0 Å². The molecule has 0 radical (unpaired) electrons. The monoisotopic (exact) mass is 223 g/mol. The minimum atomic E-state index is -0.643. The summed E-state index contributed by atoms with van der Waals surface area (Å²) in [5.41, 5.74) is 12.1. The largest absolute Gasteiger partial charge is 0.396 e. The second kappa shape index (κ2) is 3.84. The van der Waals surface area contributed by atoms with E-state index in [2.05, 4.69) is 0 Å². The molecule has 1 aromatic carbocycles. The SMILES string of the molecule is NC1=C(N)N(c2cc(F)cc(F)c2)CC=C1. The van der Waals surface area contributed by atoms with E-state index in [-0.39, 0.29) is 0 Å². The van der Waals surface area contributed by atoms with Gasteiger partial charge in [0.05, 0.1) is 5.70 Å². The molecule has 0 aromatic heterocycles. The maximum atomic E-state index is 13.0. The number of benzene rings is 1. The summed E-state index contributed by atoms with van der Waals surface area (Å²) < 4.78 is 26.1. The van der Waals surface area contributed by atoms with Crippen molar-refractivity contribution in [2.45, 2.75) is 0 Å². The third-order valence-corrected chi connectivity index (χ3v) is 2.33. The summed E-state index contributed by atoms with van der Waals surface area (Å²) in [7, 11) is 0. The van der Waals surface area contributed by atoms with Crippen LogP contribution in [0.3, 0.4) is 0 Å². The molecule has 16 heavy (non-hydrogen) atoms. The van der Waals surface area contributed by atoms with Gasteiger partial charge >= 0.3 is 0 Å². The van der Waals surface area contributed by atoms with Crippen molar-refractivity contribution >= 4 is 5.69 Å². The predicted octanol–water partition coefficient (Wildman–Crippen LogP) is 1.43. The second-order valence-electron chi connectivity index (χ2n) is 3.48. The van der Waals surface area contributed by atoms with Crippen LogP contribution in [0.25, 0.3) is 0 Å². The summed E-state index contributed by atoms with van der Waals surface area (Å²) in [6.45, 7) is 0.440. The molecule has 0 aliphatic carbocycles. The molecule has 3 nitrogen and oxygen atoms in total. The van der Waals surface area contributed by atoms with E-state index in [1.54, 1.807) is 17.1 Å². The van der Waals surface area contributed by atoms with Gasteiger partial charge in [0, 0.05) is 18.3 Å². The van der Waals surface area contributed by atoms with Crippen LogP contribution in [0.5, 0.6) is 0 Å². The van der Waals surface area contributed by atoms with Gasteiger partial charge in [-0.1, -0.05) is 6.08 Å². The molecule has 0 amide bonds. The number of hydrogen-bond acceptors (Lipinski definition) is 3. The lowest BCUT2D eigenvalue weighted by Crippen LogP contribution is -2.33. The van der Waals surface area contributed by atoms with Crippen LogP contribution in [-0.4, -0.2) is 6.54 Å². The number of rotatable bonds is 1. The molecule has 1 aliphatic heterocycles. The van der Waals surface area contributed by atoms with Crippen molar-refractivity contribution in [3.63, 3.8) is 0 Å². The zero-order valence-corrected chi connectivity index (χ0v) is 8.45. The predicted molar refractivity (Wildman–Crippen MR) is 58.2 cm³/mol. The van der Waals surface area contributed by atoms with Crippen molar-refractivity contribution in [2.24, 2.45) is 11.5 Å². The highest BCUT2D eigenvalue weighted by atomic mass is 19.1. The summed E-state index contributed by atoms with van der Waals surface area (Å²) in [6, 6.07) is 3.23. The van der Waals surface area contributed by atoms with Crippen LogP contribution in [-0.2, 0) is 0 Å². The molecule has 0 atom stereocenters. The van der Waals surface area contributed by atoms with E-state index in [4.69, 9.17) is 11.5 Å². The average Bonchev–Trinajstić information content (AvgIpc) is 2.20. The summed E-state index contributed by atoms with van der Waals surface area (Å²) in [6.07, 6.45) is 3.44. The molecule has 2 rings (SSSR count). The number of hydrogen-bond donors (Lipinski definition) is 2. The summed E-state index contributed by atoms with van der Waals surface area (Å²) in [5, 5.41) is 0. The molecule has 0 fully saturated rings. The molecule has 84 valence electrons. The van der Waals surface area contributed by atoms with Crippen LogP contribution in [0.2, 0.25) is 0 Å². The highest BCUT2D eigenvalue weighted by molar-refractivity contribution is 5.55. The van der Waals surface area contributed by atoms with Crippen LogP contribution >= 0.6 is 0 Å². The zero-order chi connectivity index (χ0) is 11.7. The molecule has 0 spiro atoms. The van der Waals surface area contributed by atoms with Crippen LogP contribution in [0.4, 0.5) is 14.5 Å². The third-order valence-electron chi connectivity index (χ3n) is 2.33. The van der Waals surface area contributed by atoms with E-state index in [9.17, 15) is 8.78 Å². The molecule has 0 saturated heterocycles. The summed E-state index contributed by atoms with van der Waals surface area (Å²) in [5.74, 6) is -0.987. The Labute approximate surface area is 91.6 Å². The minimum absolute atomic E-state index is 0.299. The van der Waals surface area contributed by atoms with Gasteiger partial charge in [-0.25, -0.2) is 8.78 Å². The first-order chi connectivity index (χ1) is 7.58. The Bertz CT molecular complexity index is 460. The lowest BCUT2D eigenvalue weighted by Gasteiger charge is -2.27. The van der Waals surface area contributed by atoms with Crippen molar-refractivity contribution in [2.75, 3.05) is 11.4 Å². The Balaban J connectivity index is 2.42. The van der Waals surface area contributed by atoms with E-state index >= 15 is 0 Å². The molecule has 0 bridgehead atoms. The minimum Gasteiger partial charge on any atom is -0.396 e. The standard InChI is InChI=1S/C11H11F2N3/c12-7-4-8(13)6-9(5-7)16-3-1-2-10(14)11(16)15/h1-2,4-6H,3,14-15H2. The first kappa shape index (κ1) is 10.5. The third kappa shape index (κ3) is 1.84. The Kier molecular flexibility index (Phi) is 2.52. The summed E-state index contributed by atoms with van der Waals surface area (Å²) >= 11 is 0. The molecule has 1 heterocycles. The molecular formula is C11H11F2N3. The van der Waals surface area contributed by atoms with Gasteiger partial charge < -0.3 is 16.4 Å². The van der Waals surface area contributed by atoms with Gasteiger partial charge in [0.25, 0.3) is 0 Å². The van der Waals surface area contributed by atoms with Crippen molar-refractivity contribution in [3.05, 3.63) is 53.5 Å². The first-order valence-corrected chi connectivity index (χ1v) is 4.73. The highest BCUT2D eigenvalue weighted by Crippen LogP contribution is 2.22. The van der Waals surface area contributed by atoms with Crippen LogP contribution in [0.15, 0.2) is 41.9 Å². The summed E-state index contributed by atoms with van der Waals surface area (Å²) in [4.78, 5) is 1.54. The Morgan fingerprint density at radius 2 is 1.69 bits per heavy atom. The van der Waals surface area contributed by atoms with E-state index in [0.717, 1.165) is 6.07 Å². The fraction of sp³-hybridized carbons (Fsp3) is 0.0909. The van der Waals surface area contributed by atoms with Gasteiger partial charge in [0.15, 0.2) is 0 Å². The fourth-order valence-electron chi connectivity index (χ4n) is 1.56. The lowest BCUT2D eigenvalue weighted by molar-refractivity contribution is 0.583. The van der Waals surface area contributed by atoms with E-state index in [1.807, 2.05) is 0 Å². The van der Waals surface area contributed by atoms with E-state index in [1.165, 1.54) is 12.1 Å². The topological polar surface area (TPSA) is 55.3 Å². The number of nitrogens with two attached hydrogens (primary N) is 2. The molecule has 1 aliphatic rings. The van der Waals surface area contributed by atoms with Crippen LogP contribution in [0, 0.1) is 11.6 Å². The fourth-order valence-corrected chi connectivity index (χ4v) is 1.56. The molecule has 0 unspecified atom stereocenters. The molecule has 0 saturated carbocycles. The van der Waals surface area contributed by atoms with Crippen molar-refractivity contribution in [1.82, 2.24) is 0 Å². The number of nitrogens with zero attached hydrogens (tertiary/aromatic N) is 1. The Morgan fingerprint density at radius 3 is 2.31 bits per heavy atom. The number of halogens is 2. The van der Waals surface area contributed by atoms with Crippen molar-refractivity contribution in [3.8, 4) is 0 Å². The quantitative estimate of drug-likeness (QED) is 0.757. The van der Waals surface area contributed by atoms with Gasteiger partial charge in [0.2, 0.25) is 0 Å².